The Labute approximate surface area is 196 Å². The van der Waals surface area contributed by atoms with Crippen LogP contribution in [0.5, 0.6) is 0 Å². The van der Waals surface area contributed by atoms with E-state index in [9.17, 15) is 0 Å². The minimum absolute atomic E-state index is 0.840. The van der Waals surface area contributed by atoms with Gasteiger partial charge < -0.3 is 4.57 Å². The van der Waals surface area contributed by atoms with Gasteiger partial charge in [0, 0.05) is 25.9 Å². The summed E-state index contributed by atoms with van der Waals surface area (Å²) in [7, 11) is 6.59. The zero-order chi connectivity index (χ0) is 21.9. The van der Waals surface area contributed by atoms with E-state index < -0.39 is 0 Å². The number of nitrogens with zero attached hydrogens (tertiary/aromatic N) is 1. The molecule has 5 aromatic carbocycles. The average molecular weight is 435 g/mol. The van der Waals surface area contributed by atoms with Gasteiger partial charge in [-0.1, -0.05) is 72.2 Å². The van der Waals surface area contributed by atoms with Gasteiger partial charge >= 0.3 is 0 Å². The molecule has 2 radical (unpaired) electrons. The third-order valence-electron chi connectivity index (χ3n) is 6.53. The molecule has 1 nitrogen and oxygen atoms in total. The second kappa shape index (κ2) is 7.09. The highest BCUT2D eigenvalue weighted by Crippen LogP contribution is 2.37. The molecule has 7 rings (SSSR count). The highest BCUT2D eigenvalue weighted by atomic mass is 32.1. The predicted octanol–water partition coefficient (Wildman–Crippen LogP) is 7.61. The Morgan fingerprint density at radius 2 is 1.27 bits per heavy atom. The fraction of sp³-hybridized carbons (Fsp3) is 0. The van der Waals surface area contributed by atoms with Crippen LogP contribution >= 0.6 is 11.3 Å². The number of rotatable bonds is 2. The highest BCUT2D eigenvalue weighted by Gasteiger charge is 2.14. The number of aromatic nitrogens is 1. The monoisotopic (exact) mass is 435 g/mol. The van der Waals surface area contributed by atoms with Gasteiger partial charge in [0.2, 0.25) is 0 Å². The smallest absolute Gasteiger partial charge is 0.114 e. The van der Waals surface area contributed by atoms with Gasteiger partial charge in [-0.2, -0.15) is 0 Å². The molecule has 0 fully saturated rings. The van der Waals surface area contributed by atoms with Crippen molar-refractivity contribution in [2.75, 3.05) is 0 Å². The van der Waals surface area contributed by atoms with E-state index in [-0.39, 0.29) is 0 Å². The van der Waals surface area contributed by atoms with Crippen LogP contribution in [0.4, 0.5) is 0 Å². The molecule has 0 N–H and O–H groups in total. The van der Waals surface area contributed by atoms with E-state index in [0.717, 1.165) is 11.0 Å². The molecule has 0 aliphatic heterocycles. The number of fused-ring (bicyclic) bond motifs is 6. The Morgan fingerprint density at radius 1 is 0.545 bits per heavy atom. The van der Waals surface area contributed by atoms with Gasteiger partial charge in [0.1, 0.15) is 7.85 Å². The van der Waals surface area contributed by atoms with Crippen LogP contribution in [0.15, 0.2) is 109 Å². The van der Waals surface area contributed by atoms with Crippen LogP contribution in [0, 0.1) is 0 Å². The maximum Gasteiger partial charge on any atom is 0.114 e. The minimum atomic E-state index is 0.840. The van der Waals surface area contributed by atoms with Crippen LogP contribution in [0.25, 0.3) is 58.8 Å². The van der Waals surface area contributed by atoms with Gasteiger partial charge in [-0.05, 0) is 64.4 Å². The Hall–Kier alpha value is -3.82. The van der Waals surface area contributed by atoms with Gasteiger partial charge in [0.15, 0.2) is 0 Å². The highest BCUT2D eigenvalue weighted by molar-refractivity contribution is 7.26. The largest absolute Gasteiger partial charge is 0.309 e. The quantitative estimate of drug-likeness (QED) is 0.246. The molecule has 33 heavy (non-hydrogen) atoms. The van der Waals surface area contributed by atoms with E-state index in [1.54, 1.807) is 0 Å². The first-order chi connectivity index (χ1) is 16.3. The lowest BCUT2D eigenvalue weighted by Crippen LogP contribution is -2.03. The molecule has 0 atom stereocenters. The first-order valence-electron chi connectivity index (χ1n) is 11.1. The number of hydrogen-bond acceptors (Lipinski definition) is 1. The van der Waals surface area contributed by atoms with Gasteiger partial charge in [-0.25, -0.2) is 0 Å². The molecule has 2 heterocycles. The van der Waals surface area contributed by atoms with Crippen molar-refractivity contribution in [2.24, 2.45) is 0 Å². The van der Waals surface area contributed by atoms with Crippen molar-refractivity contribution in [1.82, 2.24) is 4.57 Å². The summed E-state index contributed by atoms with van der Waals surface area (Å²) in [5.74, 6) is 0. The van der Waals surface area contributed by atoms with Crippen molar-refractivity contribution in [2.45, 2.75) is 0 Å². The molecule has 0 amide bonds. The Kier molecular flexibility index (Phi) is 4.03. The second-order valence-electron chi connectivity index (χ2n) is 8.46. The second-order valence-corrected chi connectivity index (χ2v) is 9.54. The SMILES string of the molecule is [B]c1cc(-c2ccc3c(c2)c2ccccc2n3-c2ccccc2)cc2sc3ccccc3c12. The summed E-state index contributed by atoms with van der Waals surface area (Å²) in [5.41, 5.74) is 6.78. The van der Waals surface area contributed by atoms with Crippen LogP contribution < -0.4 is 5.46 Å². The van der Waals surface area contributed by atoms with Crippen molar-refractivity contribution >= 4 is 66.6 Å². The van der Waals surface area contributed by atoms with Crippen molar-refractivity contribution < 1.29 is 0 Å². The van der Waals surface area contributed by atoms with Crippen molar-refractivity contribution in [1.29, 1.82) is 0 Å². The summed E-state index contributed by atoms with van der Waals surface area (Å²) >= 11 is 1.81. The lowest BCUT2D eigenvalue weighted by atomic mass is 9.87. The summed E-state index contributed by atoms with van der Waals surface area (Å²) < 4.78 is 4.86. The molecule has 0 unspecified atom stereocenters. The molecule has 0 saturated carbocycles. The maximum absolute atomic E-state index is 6.59. The number of thiophene rings is 1. The Bertz CT molecular complexity index is 1830. The summed E-state index contributed by atoms with van der Waals surface area (Å²) in [6.45, 7) is 0. The predicted molar refractivity (Wildman–Crippen MR) is 144 cm³/mol. The molecule has 0 spiro atoms. The van der Waals surface area contributed by atoms with E-state index in [1.807, 2.05) is 11.3 Å². The molecule has 2 aromatic heterocycles. The van der Waals surface area contributed by atoms with E-state index in [0.29, 0.717) is 0 Å². The molecule has 0 aliphatic carbocycles. The fourth-order valence-electron chi connectivity index (χ4n) is 5.06. The third-order valence-corrected chi connectivity index (χ3v) is 7.65. The van der Waals surface area contributed by atoms with Gasteiger partial charge in [-0.3, -0.25) is 0 Å². The Balaban J connectivity index is 1.49. The van der Waals surface area contributed by atoms with Crippen molar-refractivity contribution in [3.8, 4) is 16.8 Å². The summed E-state index contributed by atoms with van der Waals surface area (Å²) in [6.07, 6.45) is 0. The first-order valence-corrected chi connectivity index (χ1v) is 11.9. The summed E-state index contributed by atoms with van der Waals surface area (Å²) in [6, 6.07) is 38.9. The van der Waals surface area contributed by atoms with E-state index >= 15 is 0 Å². The number of benzene rings is 5. The van der Waals surface area contributed by atoms with E-state index in [1.165, 1.54) is 53.2 Å². The molecular weight excluding hydrogens is 417 g/mol. The topological polar surface area (TPSA) is 4.93 Å². The van der Waals surface area contributed by atoms with Gasteiger partial charge in [0.25, 0.3) is 0 Å². The van der Waals surface area contributed by atoms with E-state index in [4.69, 9.17) is 7.85 Å². The fourth-order valence-corrected chi connectivity index (χ4v) is 6.24. The molecule has 3 heteroatoms. The lowest BCUT2D eigenvalue weighted by molar-refractivity contribution is 1.18. The number of hydrogen-bond donors (Lipinski definition) is 0. The zero-order valence-electron chi connectivity index (χ0n) is 17.8. The molecule has 0 saturated heterocycles. The lowest BCUT2D eigenvalue weighted by Gasteiger charge is -2.09. The Morgan fingerprint density at radius 3 is 2.15 bits per heavy atom. The van der Waals surface area contributed by atoms with Crippen LogP contribution in [-0.4, -0.2) is 12.4 Å². The first kappa shape index (κ1) is 18.7. The summed E-state index contributed by atoms with van der Waals surface area (Å²) in [5, 5.41) is 4.92. The normalized spacial score (nSPS) is 11.8. The van der Waals surface area contributed by atoms with Crippen molar-refractivity contribution in [3.05, 3.63) is 109 Å². The molecule has 0 bridgehead atoms. The molecule has 7 aromatic rings. The maximum atomic E-state index is 6.59. The van der Waals surface area contributed by atoms with Crippen LogP contribution in [-0.2, 0) is 0 Å². The van der Waals surface area contributed by atoms with E-state index in [2.05, 4.69) is 114 Å². The molecule has 0 aliphatic rings. The average Bonchev–Trinajstić information content (AvgIpc) is 3.40. The standard InChI is InChI=1S/C30H18BNS/c31-25-17-20(18-29-30(25)23-11-5-7-13-28(23)33-29)19-14-15-27-24(16-19)22-10-4-6-12-26(22)32(27)21-8-2-1-3-9-21/h1-18H. The van der Waals surface area contributed by atoms with Crippen LogP contribution in [0.2, 0.25) is 0 Å². The van der Waals surface area contributed by atoms with Gasteiger partial charge in [0.05, 0.1) is 11.0 Å². The minimum Gasteiger partial charge on any atom is -0.309 e. The molecular formula is C30H18BNS. The summed E-state index contributed by atoms with van der Waals surface area (Å²) in [4.78, 5) is 0. The van der Waals surface area contributed by atoms with Crippen LogP contribution in [0.1, 0.15) is 0 Å². The molecule has 152 valence electrons. The van der Waals surface area contributed by atoms with Crippen molar-refractivity contribution in [3.63, 3.8) is 0 Å². The number of para-hydroxylation sites is 2. The third kappa shape index (κ3) is 2.79. The zero-order valence-corrected chi connectivity index (χ0v) is 18.6. The van der Waals surface area contributed by atoms with Crippen LogP contribution in [0.3, 0.4) is 0 Å². The van der Waals surface area contributed by atoms with Gasteiger partial charge in [-0.15, -0.1) is 11.3 Å².